The van der Waals surface area contributed by atoms with E-state index in [2.05, 4.69) is 26.9 Å². The molecule has 0 spiro atoms. The molecule has 0 aromatic rings. The van der Waals surface area contributed by atoms with E-state index in [9.17, 15) is 4.79 Å². The van der Waals surface area contributed by atoms with E-state index in [1.807, 2.05) is 0 Å². The number of nitrogens with one attached hydrogen (secondary N) is 1. The van der Waals surface area contributed by atoms with Crippen molar-refractivity contribution in [3.63, 3.8) is 0 Å². The molecular formula is C14H26N4O. The second-order valence-corrected chi connectivity index (χ2v) is 6.04. The van der Waals surface area contributed by atoms with Crippen molar-refractivity contribution in [2.24, 2.45) is 0 Å². The lowest BCUT2D eigenvalue weighted by atomic mass is 10.1. The third-order valence-electron chi connectivity index (χ3n) is 4.69. The summed E-state index contributed by atoms with van der Waals surface area (Å²) in [4.78, 5) is 19.2. The van der Waals surface area contributed by atoms with Crippen LogP contribution in [0, 0.1) is 0 Å². The third-order valence-corrected chi connectivity index (χ3v) is 4.69. The maximum atomic E-state index is 12.3. The van der Waals surface area contributed by atoms with Crippen molar-refractivity contribution in [2.75, 3.05) is 52.4 Å². The quantitative estimate of drug-likeness (QED) is 0.734. The van der Waals surface area contributed by atoms with Crippen molar-refractivity contribution in [1.82, 2.24) is 20.0 Å². The van der Waals surface area contributed by atoms with Gasteiger partial charge in [0.2, 0.25) is 5.91 Å². The fourth-order valence-corrected chi connectivity index (χ4v) is 3.12. The van der Waals surface area contributed by atoms with Gasteiger partial charge in [-0.05, 0) is 19.8 Å². The van der Waals surface area contributed by atoms with E-state index in [4.69, 9.17) is 0 Å². The molecule has 3 aliphatic rings. The Bertz CT molecular complexity index is 319. The molecule has 0 radical (unpaired) electrons. The van der Waals surface area contributed by atoms with Gasteiger partial charge in [0, 0.05) is 57.9 Å². The molecule has 2 heterocycles. The van der Waals surface area contributed by atoms with Crippen molar-refractivity contribution in [3.05, 3.63) is 0 Å². The van der Waals surface area contributed by atoms with Crippen molar-refractivity contribution in [2.45, 2.75) is 31.8 Å². The van der Waals surface area contributed by atoms with Crippen LogP contribution in [-0.2, 0) is 4.79 Å². The SMILES string of the molecule is CCN(C(=O)CN1CCN(C2CNC2)CC1)C1CC1. The van der Waals surface area contributed by atoms with Crippen molar-refractivity contribution >= 4 is 5.91 Å². The molecule has 2 aliphatic heterocycles. The highest BCUT2D eigenvalue weighted by Gasteiger charge is 2.33. The first-order valence-electron chi connectivity index (χ1n) is 7.74. The normalized spacial score (nSPS) is 26.2. The summed E-state index contributed by atoms with van der Waals surface area (Å²) in [7, 11) is 0. The highest BCUT2D eigenvalue weighted by Crippen LogP contribution is 2.26. The molecule has 5 nitrogen and oxygen atoms in total. The first-order chi connectivity index (χ1) is 9.28. The molecule has 2 saturated heterocycles. The second kappa shape index (κ2) is 5.77. The molecule has 0 unspecified atom stereocenters. The minimum absolute atomic E-state index is 0.337. The standard InChI is InChI=1S/C14H26N4O/c1-2-18(12-3-4-12)14(19)11-16-5-7-17(8-6-16)13-9-15-10-13/h12-13,15H,2-11H2,1H3. The zero-order valence-corrected chi connectivity index (χ0v) is 12.0. The van der Waals surface area contributed by atoms with Gasteiger partial charge in [0.1, 0.15) is 0 Å². The van der Waals surface area contributed by atoms with Gasteiger partial charge >= 0.3 is 0 Å². The predicted molar refractivity (Wildman–Crippen MR) is 75.1 cm³/mol. The zero-order chi connectivity index (χ0) is 13.2. The van der Waals surface area contributed by atoms with Gasteiger partial charge < -0.3 is 10.2 Å². The molecule has 1 aliphatic carbocycles. The number of carbonyl (C=O) groups is 1. The summed E-state index contributed by atoms with van der Waals surface area (Å²) in [6, 6.07) is 1.30. The molecule has 1 amide bonds. The fourth-order valence-electron chi connectivity index (χ4n) is 3.12. The third kappa shape index (κ3) is 3.09. The average molecular weight is 266 g/mol. The van der Waals surface area contributed by atoms with Crippen LogP contribution in [0.4, 0.5) is 0 Å². The topological polar surface area (TPSA) is 38.8 Å². The lowest BCUT2D eigenvalue weighted by Gasteiger charge is -2.43. The molecule has 1 N–H and O–H groups in total. The number of nitrogens with zero attached hydrogens (tertiary/aromatic N) is 3. The largest absolute Gasteiger partial charge is 0.339 e. The van der Waals surface area contributed by atoms with Gasteiger partial charge in [0.15, 0.2) is 0 Å². The first-order valence-corrected chi connectivity index (χ1v) is 7.74. The average Bonchev–Trinajstić information content (AvgIpc) is 3.15. The van der Waals surface area contributed by atoms with E-state index in [0.29, 0.717) is 18.5 Å². The van der Waals surface area contributed by atoms with Crippen molar-refractivity contribution in [1.29, 1.82) is 0 Å². The number of amides is 1. The summed E-state index contributed by atoms with van der Waals surface area (Å²) in [5.41, 5.74) is 0. The van der Waals surface area contributed by atoms with Crippen LogP contribution in [0.5, 0.6) is 0 Å². The Hall–Kier alpha value is -0.650. The molecule has 3 fully saturated rings. The number of hydrogen-bond donors (Lipinski definition) is 1. The van der Waals surface area contributed by atoms with Crippen LogP contribution < -0.4 is 5.32 Å². The number of rotatable bonds is 5. The van der Waals surface area contributed by atoms with E-state index >= 15 is 0 Å². The molecular weight excluding hydrogens is 240 g/mol. The Morgan fingerprint density at radius 2 is 1.89 bits per heavy atom. The molecule has 108 valence electrons. The van der Waals surface area contributed by atoms with Crippen LogP contribution in [0.3, 0.4) is 0 Å². The Morgan fingerprint density at radius 1 is 1.21 bits per heavy atom. The fraction of sp³-hybridized carbons (Fsp3) is 0.929. The minimum Gasteiger partial charge on any atom is -0.339 e. The lowest BCUT2D eigenvalue weighted by molar-refractivity contribution is -0.133. The zero-order valence-electron chi connectivity index (χ0n) is 12.0. The monoisotopic (exact) mass is 266 g/mol. The predicted octanol–water partition coefficient (Wildman–Crippen LogP) is -0.413. The summed E-state index contributed by atoms with van der Waals surface area (Å²) in [6.45, 7) is 10.2. The molecule has 0 aromatic heterocycles. The molecule has 3 rings (SSSR count). The maximum absolute atomic E-state index is 12.3. The van der Waals surface area contributed by atoms with Gasteiger partial charge in [0.05, 0.1) is 6.54 Å². The number of piperazine rings is 1. The van der Waals surface area contributed by atoms with E-state index in [1.54, 1.807) is 0 Å². The minimum atomic E-state index is 0.337. The maximum Gasteiger partial charge on any atom is 0.236 e. The first kappa shape index (κ1) is 13.3. The van der Waals surface area contributed by atoms with Gasteiger partial charge in [-0.15, -0.1) is 0 Å². The van der Waals surface area contributed by atoms with Crippen molar-refractivity contribution in [3.8, 4) is 0 Å². The summed E-state index contributed by atoms with van der Waals surface area (Å²) < 4.78 is 0. The van der Waals surface area contributed by atoms with Gasteiger partial charge in [0.25, 0.3) is 0 Å². The van der Waals surface area contributed by atoms with E-state index in [-0.39, 0.29) is 0 Å². The summed E-state index contributed by atoms with van der Waals surface area (Å²) in [5.74, 6) is 0.337. The molecule has 0 aromatic carbocycles. The lowest BCUT2D eigenvalue weighted by Crippen LogP contribution is -2.62. The van der Waals surface area contributed by atoms with Gasteiger partial charge in [-0.1, -0.05) is 0 Å². The van der Waals surface area contributed by atoms with Crippen LogP contribution in [0.25, 0.3) is 0 Å². The molecule has 0 bridgehead atoms. The number of hydrogen-bond acceptors (Lipinski definition) is 4. The van der Waals surface area contributed by atoms with Crippen LogP contribution >= 0.6 is 0 Å². The van der Waals surface area contributed by atoms with Crippen LogP contribution in [0.1, 0.15) is 19.8 Å². The van der Waals surface area contributed by atoms with Crippen molar-refractivity contribution < 1.29 is 4.79 Å². The van der Waals surface area contributed by atoms with Gasteiger partial charge in [-0.3, -0.25) is 14.6 Å². The van der Waals surface area contributed by atoms with E-state index in [0.717, 1.165) is 51.9 Å². The Labute approximate surface area is 115 Å². The smallest absolute Gasteiger partial charge is 0.236 e. The van der Waals surface area contributed by atoms with Crippen LogP contribution in [-0.4, -0.2) is 85.0 Å². The Kier molecular flexibility index (Phi) is 4.05. The number of carbonyl (C=O) groups excluding carboxylic acids is 1. The molecule has 1 saturated carbocycles. The summed E-state index contributed by atoms with van der Waals surface area (Å²) in [6.07, 6.45) is 2.42. The van der Waals surface area contributed by atoms with Crippen LogP contribution in [0.2, 0.25) is 0 Å². The summed E-state index contributed by atoms with van der Waals surface area (Å²) >= 11 is 0. The van der Waals surface area contributed by atoms with E-state index < -0.39 is 0 Å². The molecule has 0 atom stereocenters. The summed E-state index contributed by atoms with van der Waals surface area (Å²) in [5, 5.41) is 3.33. The Morgan fingerprint density at radius 3 is 2.37 bits per heavy atom. The van der Waals surface area contributed by atoms with Crippen LogP contribution in [0.15, 0.2) is 0 Å². The highest BCUT2D eigenvalue weighted by atomic mass is 16.2. The molecule has 5 heteroatoms. The van der Waals surface area contributed by atoms with Gasteiger partial charge in [-0.25, -0.2) is 0 Å². The van der Waals surface area contributed by atoms with Gasteiger partial charge in [-0.2, -0.15) is 0 Å². The molecule has 19 heavy (non-hydrogen) atoms. The highest BCUT2D eigenvalue weighted by molar-refractivity contribution is 5.78. The Balaban J connectivity index is 1.42. The second-order valence-electron chi connectivity index (χ2n) is 6.04. The number of likely N-dealkylation sites (N-methyl/N-ethyl adjacent to an activating group) is 1. The van der Waals surface area contributed by atoms with E-state index in [1.165, 1.54) is 12.8 Å².